The first-order valence-electron chi connectivity index (χ1n) is 40.2. The molecule has 0 aromatic rings. The van der Waals surface area contributed by atoms with Crippen molar-refractivity contribution in [3.8, 4) is 0 Å². The second-order valence-corrected chi connectivity index (χ2v) is 27.5. The third kappa shape index (κ3) is 76.3. The number of aliphatic hydroxyl groups excluding tert-OH is 1. The monoisotopic (exact) mass is 1230 g/mol. The Hall–Kier alpha value is -2.14. The molecule has 0 radical (unpaired) electrons. The molecule has 0 aliphatic carbocycles. The van der Waals surface area contributed by atoms with Crippen LogP contribution in [0.15, 0.2) is 48.6 Å². The van der Waals surface area contributed by atoms with Crippen molar-refractivity contribution < 1.29 is 24.2 Å². The van der Waals surface area contributed by atoms with Crippen molar-refractivity contribution >= 4 is 11.9 Å². The molecule has 0 amide bonds. The van der Waals surface area contributed by atoms with Crippen LogP contribution in [0.25, 0.3) is 0 Å². The fraction of sp³-hybridized carbons (Fsp3) is 0.880. The van der Waals surface area contributed by atoms with Gasteiger partial charge in [-0.2, -0.15) is 0 Å². The van der Waals surface area contributed by atoms with Crippen molar-refractivity contribution in [2.45, 2.75) is 457 Å². The fourth-order valence-corrected chi connectivity index (χ4v) is 12.6. The van der Waals surface area contributed by atoms with E-state index >= 15 is 0 Å². The van der Waals surface area contributed by atoms with Gasteiger partial charge in [-0.15, -0.1) is 0 Å². The average molecular weight is 1230 g/mol. The summed E-state index contributed by atoms with van der Waals surface area (Å²) in [6.07, 6.45) is 108. The number of unbranched alkanes of at least 4 members (excludes halogenated alkanes) is 60. The first-order valence-corrected chi connectivity index (χ1v) is 40.2. The highest BCUT2D eigenvalue weighted by atomic mass is 16.6. The van der Waals surface area contributed by atoms with Crippen LogP contribution in [0.2, 0.25) is 0 Å². The van der Waals surface area contributed by atoms with Crippen LogP contribution in [0, 0.1) is 0 Å². The van der Waals surface area contributed by atoms with Gasteiger partial charge in [-0.3, -0.25) is 9.59 Å². The van der Waals surface area contributed by atoms with Gasteiger partial charge in [0.25, 0.3) is 0 Å². The predicted molar refractivity (Wildman–Crippen MR) is 390 cm³/mol. The van der Waals surface area contributed by atoms with E-state index in [0.29, 0.717) is 12.8 Å². The maximum Gasteiger partial charge on any atom is 0.306 e. The quantitative estimate of drug-likeness (QED) is 0.0373. The van der Waals surface area contributed by atoms with Crippen LogP contribution in [0.5, 0.6) is 0 Å². The lowest BCUT2D eigenvalue weighted by atomic mass is 10.0. The van der Waals surface area contributed by atoms with Crippen molar-refractivity contribution in [3.63, 3.8) is 0 Å². The lowest BCUT2D eigenvalue weighted by Gasteiger charge is -2.15. The van der Waals surface area contributed by atoms with Gasteiger partial charge >= 0.3 is 11.9 Å². The van der Waals surface area contributed by atoms with E-state index in [1.807, 2.05) is 0 Å². The molecule has 1 unspecified atom stereocenters. The van der Waals surface area contributed by atoms with Gasteiger partial charge in [0.05, 0.1) is 6.61 Å². The molecular formula is C83H156O5. The van der Waals surface area contributed by atoms with Crippen LogP contribution in [0.3, 0.4) is 0 Å². The van der Waals surface area contributed by atoms with Gasteiger partial charge in [-0.05, 0) is 77.0 Å². The van der Waals surface area contributed by atoms with Gasteiger partial charge in [0.1, 0.15) is 6.61 Å². The summed E-state index contributed by atoms with van der Waals surface area (Å²) in [5, 5.41) is 9.73. The number of carbonyl (C=O) groups is 2. The van der Waals surface area contributed by atoms with Crippen LogP contribution in [-0.2, 0) is 19.1 Å². The SMILES string of the molecule is CCCCCCC/C=C\C/C=C\C/C=C\CCCCCCCCCCCCCCCCCCCCCCCCCCC(=O)OC(CO)COC(=O)CCCCCCCCCCCCCCCCCCCCCCCCC/C=C\CCCCCCCCCC. The Balaban J connectivity index is 3.36. The van der Waals surface area contributed by atoms with Gasteiger partial charge in [0, 0.05) is 12.8 Å². The molecule has 88 heavy (non-hydrogen) atoms. The molecule has 0 aromatic carbocycles. The van der Waals surface area contributed by atoms with Crippen LogP contribution in [0.1, 0.15) is 450 Å². The number of carbonyl (C=O) groups excluding carboxylic acids is 2. The molecule has 5 nitrogen and oxygen atoms in total. The molecule has 0 aromatic heterocycles. The van der Waals surface area contributed by atoms with E-state index in [-0.39, 0.29) is 25.2 Å². The molecule has 518 valence electrons. The minimum absolute atomic E-state index is 0.0588. The summed E-state index contributed by atoms with van der Waals surface area (Å²) in [6.45, 7) is 4.20. The Kier molecular flexibility index (Phi) is 77.2. The Bertz CT molecular complexity index is 1450. The summed E-state index contributed by atoms with van der Waals surface area (Å²) < 4.78 is 10.8. The topological polar surface area (TPSA) is 72.8 Å². The molecule has 1 N–H and O–H groups in total. The molecule has 0 bridgehead atoms. The second kappa shape index (κ2) is 79.1. The average Bonchev–Trinajstić information content (AvgIpc) is 3.54. The number of hydrogen-bond acceptors (Lipinski definition) is 5. The van der Waals surface area contributed by atoms with E-state index in [1.165, 1.54) is 379 Å². The summed E-state index contributed by atoms with van der Waals surface area (Å²) >= 11 is 0. The van der Waals surface area contributed by atoms with Crippen LogP contribution < -0.4 is 0 Å². The van der Waals surface area contributed by atoms with Gasteiger partial charge < -0.3 is 14.6 Å². The molecule has 0 saturated carbocycles. The third-order valence-electron chi connectivity index (χ3n) is 18.6. The molecule has 0 saturated heterocycles. The number of hydrogen-bond donors (Lipinski definition) is 1. The van der Waals surface area contributed by atoms with Crippen LogP contribution in [-0.4, -0.2) is 36.4 Å². The van der Waals surface area contributed by atoms with E-state index in [9.17, 15) is 14.7 Å². The number of allylic oxidation sites excluding steroid dienone is 8. The molecule has 0 aliphatic heterocycles. The van der Waals surface area contributed by atoms with Crippen molar-refractivity contribution in [1.82, 2.24) is 0 Å². The van der Waals surface area contributed by atoms with Crippen LogP contribution >= 0.6 is 0 Å². The summed E-state index contributed by atoms with van der Waals surface area (Å²) in [4.78, 5) is 24.7. The maximum absolute atomic E-state index is 12.4. The number of esters is 2. The molecule has 5 heteroatoms. The van der Waals surface area contributed by atoms with Crippen molar-refractivity contribution in [1.29, 1.82) is 0 Å². The Morgan fingerprint density at radius 2 is 0.455 bits per heavy atom. The number of ether oxygens (including phenoxy) is 2. The van der Waals surface area contributed by atoms with Crippen LogP contribution in [0.4, 0.5) is 0 Å². The Morgan fingerprint density at radius 3 is 0.693 bits per heavy atom. The standard InChI is InChI=1S/C83H156O5/c1-3-5-7-9-11-13-15-17-19-21-23-25-27-29-31-33-35-37-39-40-41-42-44-46-48-50-52-54-56-58-60-62-64-66-68-70-72-74-76-78-83(86)88-81(79-84)80-87-82(85)77-75-73-71-69-67-65-63-61-59-57-55-53-51-49-47-45-43-38-36-34-32-30-28-26-24-22-20-18-16-14-12-10-8-6-4-2/h15,17,21-24,27,29,81,84H,3-14,16,18-20,25-26,28,30-80H2,1-2H3/b17-15-,23-21-,24-22-,29-27-. The highest BCUT2D eigenvalue weighted by molar-refractivity contribution is 5.70. The predicted octanol–water partition coefficient (Wildman–Crippen LogP) is 28.2. The first-order chi connectivity index (χ1) is 43.6. The molecule has 1 atom stereocenters. The minimum atomic E-state index is -0.770. The molecule has 0 rings (SSSR count). The second-order valence-electron chi connectivity index (χ2n) is 27.5. The summed E-state index contributed by atoms with van der Waals surface area (Å²) in [7, 11) is 0. The molecule has 0 fully saturated rings. The van der Waals surface area contributed by atoms with E-state index < -0.39 is 6.10 Å². The van der Waals surface area contributed by atoms with Gasteiger partial charge in [0.2, 0.25) is 0 Å². The van der Waals surface area contributed by atoms with Gasteiger partial charge in [-0.1, -0.05) is 409 Å². The van der Waals surface area contributed by atoms with Gasteiger partial charge in [0.15, 0.2) is 6.10 Å². The Labute approximate surface area is 551 Å². The van der Waals surface area contributed by atoms with E-state index in [1.54, 1.807) is 0 Å². The number of aliphatic hydroxyl groups is 1. The van der Waals surface area contributed by atoms with Crippen molar-refractivity contribution in [2.75, 3.05) is 13.2 Å². The highest BCUT2D eigenvalue weighted by Gasteiger charge is 2.16. The van der Waals surface area contributed by atoms with E-state index in [0.717, 1.165) is 44.9 Å². The maximum atomic E-state index is 12.4. The third-order valence-corrected chi connectivity index (χ3v) is 18.6. The van der Waals surface area contributed by atoms with Crippen molar-refractivity contribution in [3.05, 3.63) is 48.6 Å². The lowest BCUT2D eigenvalue weighted by Crippen LogP contribution is -2.28. The fourth-order valence-electron chi connectivity index (χ4n) is 12.6. The zero-order valence-corrected chi connectivity index (χ0v) is 59.8. The summed E-state index contributed by atoms with van der Waals surface area (Å²) in [5.41, 5.74) is 0. The number of rotatable bonds is 76. The molecule has 0 spiro atoms. The van der Waals surface area contributed by atoms with E-state index in [2.05, 4.69) is 62.5 Å². The highest BCUT2D eigenvalue weighted by Crippen LogP contribution is 2.20. The normalized spacial score (nSPS) is 12.4. The van der Waals surface area contributed by atoms with E-state index in [4.69, 9.17) is 9.47 Å². The smallest absolute Gasteiger partial charge is 0.306 e. The minimum Gasteiger partial charge on any atom is -0.462 e. The largest absolute Gasteiger partial charge is 0.462 e. The zero-order chi connectivity index (χ0) is 63.3. The molecule has 0 aliphatic rings. The molecular weight excluding hydrogens is 1080 g/mol. The first kappa shape index (κ1) is 85.9. The zero-order valence-electron chi connectivity index (χ0n) is 59.8. The lowest BCUT2D eigenvalue weighted by molar-refractivity contribution is -0.161. The Morgan fingerprint density at radius 1 is 0.261 bits per heavy atom. The van der Waals surface area contributed by atoms with Gasteiger partial charge in [-0.25, -0.2) is 0 Å². The summed E-state index contributed by atoms with van der Waals surface area (Å²) in [6, 6.07) is 0. The van der Waals surface area contributed by atoms with Crippen molar-refractivity contribution in [2.24, 2.45) is 0 Å². The summed E-state index contributed by atoms with van der Waals surface area (Å²) in [5.74, 6) is -0.562. The molecule has 0 heterocycles.